The van der Waals surface area contributed by atoms with Gasteiger partial charge >= 0.3 is 5.97 Å². The average molecular weight is 172 g/mol. The number of ether oxygens (including phenoxy) is 1. The number of rotatable bonds is 2. The van der Waals surface area contributed by atoms with Crippen molar-refractivity contribution < 1.29 is 9.53 Å². The van der Waals surface area contributed by atoms with E-state index in [9.17, 15) is 4.79 Å². The van der Waals surface area contributed by atoms with Crippen LogP contribution in [0.1, 0.15) is 6.42 Å². The third-order valence-corrected chi connectivity index (χ3v) is 2.33. The minimum atomic E-state index is -0.161. The van der Waals surface area contributed by atoms with E-state index < -0.39 is 0 Å². The summed E-state index contributed by atoms with van der Waals surface area (Å²) in [6.45, 7) is 1.78. The number of methoxy groups -OCH3 is 1. The normalized spacial score (nSPS) is 30.6. The number of carbonyl (C=O) groups excluding carboxylic acids is 1. The van der Waals surface area contributed by atoms with E-state index in [1.807, 2.05) is 7.05 Å². The molecule has 70 valence electrons. The van der Waals surface area contributed by atoms with Gasteiger partial charge in [-0.25, -0.2) is 0 Å². The van der Waals surface area contributed by atoms with Crippen LogP contribution in [0.5, 0.6) is 0 Å². The second kappa shape index (κ2) is 3.87. The lowest BCUT2D eigenvalue weighted by molar-refractivity contribution is -0.141. The van der Waals surface area contributed by atoms with Gasteiger partial charge in [-0.3, -0.25) is 4.79 Å². The Morgan fingerprint density at radius 2 is 2.33 bits per heavy atom. The molecule has 2 N–H and O–H groups in total. The zero-order valence-corrected chi connectivity index (χ0v) is 7.62. The average Bonchev–Trinajstić information content (AvgIpc) is 2.30. The van der Waals surface area contributed by atoms with Crippen molar-refractivity contribution in [3.05, 3.63) is 0 Å². The minimum Gasteiger partial charge on any atom is -0.469 e. The van der Waals surface area contributed by atoms with Gasteiger partial charge in [0.1, 0.15) is 0 Å². The molecule has 1 aliphatic heterocycles. The number of carbonyl (C=O) groups is 1. The molecule has 0 aromatic carbocycles. The van der Waals surface area contributed by atoms with E-state index >= 15 is 0 Å². The molecule has 0 bridgehead atoms. The second-order valence-corrected chi connectivity index (χ2v) is 3.43. The van der Waals surface area contributed by atoms with Crippen molar-refractivity contribution in [2.24, 2.45) is 11.7 Å². The van der Waals surface area contributed by atoms with Crippen LogP contribution in [-0.2, 0) is 9.53 Å². The van der Waals surface area contributed by atoms with Crippen LogP contribution in [0, 0.1) is 5.92 Å². The maximum atomic E-state index is 10.9. The van der Waals surface area contributed by atoms with Crippen molar-refractivity contribution in [2.45, 2.75) is 12.5 Å². The second-order valence-electron chi connectivity index (χ2n) is 3.43. The van der Waals surface area contributed by atoms with Crippen LogP contribution >= 0.6 is 0 Å². The van der Waals surface area contributed by atoms with Crippen molar-refractivity contribution in [2.75, 3.05) is 27.2 Å². The largest absolute Gasteiger partial charge is 0.469 e. The number of likely N-dealkylation sites (tertiary alicyclic amines) is 1. The highest BCUT2D eigenvalue weighted by molar-refractivity contribution is 5.69. The van der Waals surface area contributed by atoms with Gasteiger partial charge in [0.05, 0.1) is 13.5 Å². The standard InChI is InChI=1S/C8H16N2O2/c1-10-4-6(7(9)5-10)3-8(11)12-2/h6-7H,3-5,9H2,1-2H3. The van der Waals surface area contributed by atoms with Gasteiger partial charge in [-0.05, 0) is 13.0 Å². The van der Waals surface area contributed by atoms with E-state index in [2.05, 4.69) is 9.64 Å². The van der Waals surface area contributed by atoms with Crippen LogP contribution in [-0.4, -0.2) is 44.2 Å². The first kappa shape index (κ1) is 9.48. The third kappa shape index (κ3) is 2.19. The zero-order chi connectivity index (χ0) is 9.14. The van der Waals surface area contributed by atoms with Crippen LogP contribution < -0.4 is 5.73 Å². The van der Waals surface area contributed by atoms with Crippen molar-refractivity contribution in [1.29, 1.82) is 0 Å². The third-order valence-electron chi connectivity index (χ3n) is 2.33. The van der Waals surface area contributed by atoms with E-state index in [-0.39, 0.29) is 17.9 Å². The lowest BCUT2D eigenvalue weighted by Gasteiger charge is -2.11. The number of esters is 1. The number of nitrogens with two attached hydrogens (primary N) is 1. The van der Waals surface area contributed by atoms with Gasteiger partial charge < -0.3 is 15.4 Å². The molecule has 0 aliphatic carbocycles. The highest BCUT2D eigenvalue weighted by Crippen LogP contribution is 2.17. The van der Waals surface area contributed by atoms with Gasteiger partial charge in [-0.1, -0.05) is 0 Å². The summed E-state index contributed by atoms with van der Waals surface area (Å²) >= 11 is 0. The molecule has 0 aromatic heterocycles. The molecular formula is C8H16N2O2. The lowest BCUT2D eigenvalue weighted by Crippen LogP contribution is -2.30. The Morgan fingerprint density at radius 1 is 1.67 bits per heavy atom. The molecule has 0 saturated carbocycles. The molecule has 0 spiro atoms. The molecule has 12 heavy (non-hydrogen) atoms. The molecule has 1 fully saturated rings. The molecule has 4 heteroatoms. The fraction of sp³-hybridized carbons (Fsp3) is 0.875. The molecule has 2 unspecified atom stereocenters. The van der Waals surface area contributed by atoms with Crippen molar-refractivity contribution in [3.63, 3.8) is 0 Å². The molecule has 2 atom stereocenters. The summed E-state index contributed by atoms with van der Waals surface area (Å²) in [5.74, 6) is 0.105. The number of nitrogens with zero attached hydrogens (tertiary/aromatic N) is 1. The molecule has 0 aromatic rings. The molecule has 1 saturated heterocycles. The van der Waals surface area contributed by atoms with Gasteiger partial charge in [0.2, 0.25) is 0 Å². The molecule has 0 radical (unpaired) electrons. The van der Waals surface area contributed by atoms with Gasteiger partial charge in [-0.15, -0.1) is 0 Å². The van der Waals surface area contributed by atoms with Gasteiger partial charge in [-0.2, -0.15) is 0 Å². The van der Waals surface area contributed by atoms with Gasteiger partial charge in [0.25, 0.3) is 0 Å². The topological polar surface area (TPSA) is 55.6 Å². The first-order valence-electron chi connectivity index (χ1n) is 4.14. The van der Waals surface area contributed by atoms with Crippen molar-refractivity contribution >= 4 is 5.97 Å². The summed E-state index contributed by atoms with van der Waals surface area (Å²) in [5, 5.41) is 0. The predicted molar refractivity (Wildman–Crippen MR) is 45.6 cm³/mol. The van der Waals surface area contributed by atoms with E-state index in [4.69, 9.17) is 5.73 Å². The monoisotopic (exact) mass is 172 g/mol. The van der Waals surface area contributed by atoms with E-state index in [1.165, 1.54) is 7.11 Å². The molecule has 1 aliphatic rings. The fourth-order valence-electron chi connectivity index (χ4n) is 1.63. The highest BCUT2D eigenvalue weighted by atomic mass is 16.5. The van der Waals surface area contributed by atoms with E-state index in [0.29, 0.717) is 6.42 Å². The predicted octanol–water partition coefficient (Wildman–Crippen LogP) is -0.562. The summed E-state index contributed by atoms with van der Waals surface area (Å²) in [6, 6.07) is 0.120. The Balaban J connectivity index is 2.37. The maximum absolute atomic E-state index is 10.9. The molecule has 1 heterocycles. The van der Waals surface area contributed by atoms with Gasteiger partial charge in [0, 0.05) is 19.1 Å². The van der Waals surface area contributed by atoms with Crippen molar-refractivity contribution in [1.82, 2.24) is 4.90 Å². The lowest BCUT2D eigenvalue weighted by atomic mass is 10.0. The van der Waals surface area contributed by atoms with Crippen LogP contribution in [0.25, 0.3) is 0 Å². The van der Waals surface area contributed by atoms with Crippen LogP contribution in [0.15, 0.2) is 0 Å². The summed E-state index contributed by atoms with van der Waals surface area (Å²) < 4.78 is 4.58. The first-order valence-corrected chi connectivity index (χ1v) is 4.14. The molecule has 0 amide bonds. The first-order chi connectivity index (χ1) is 5.63. The van der Waals surface area contributed by atoms with E-state index in [0.717, 1.165) is 13.1 Å². The molecular weight excluding hydrogens is 156 g/mol. The Kier molecular flexibility index (Phi) is 3.05. The van der Waals surface area contributed by atoms with Crippen LogP contribution in [0.3, 0.4) is 0 Å². The Bertz CT molecular complexity index is 172. The van der Waals surface area contributed by atoms with Crippen LogP contribution in [0.2, 0.25) is 0 Å². The highest BCUT2D eigenvalue weighted by Gasteiger charge is 2.29. The molecule has 1 rings (SSSR count). The Hall–Kier alpha value is -0.610. The minimum absolute atomic E-state index is 0.120. The Labute approximate surface area is 72.7 Å². The van der Waals surface area contributed by atoms with Crippen LogP contribution in [0.4, 0.5) is 0 Å². The smallest absolute Gasteiger partial charge is 0.305 e. The maximum Gasteiger partial charge on any atom is 0.305 e. The fourth-order valence-corrected chi connectivity index (χ4v) is 1.63. The Morgan fingerprint density at radius 3 is 2.75 bits per heavy atom. The summed E-state index contributed by atoms with van der Waals surface area (Å²) in [6.07, 6.45) is 0.446. The zero-order valence-electron chi connectivity index (χ0n) is 7.62. The summed E-state index contributed by atoms with van der Waals surface area (Å²) in [7, 11) is 3.42. The van der Waals surface area contributed by atoms with E-state index in [1.54, 1.807) is 0 Å². The number of hydrogen-bond acceptors (Lipinski definition) is 4. The number of likely N-dealkylation sites (N-methyl/N-ethyl adjacent to an activating group) is 1. The molecule has 4 nitrogen and oxygen atoms in total. The van der Waals surface area contributed by atoms with Crippen molar-refractivity contribution in [3.8, 4) is 0 Å². The van der Waals surface area contributed by atoms with Gasteiger partial charge in [0.15, 0.2) is 0 Å². The quantitative estimate of drug-likeness (QED) is 0.567. The number of hydrogen-bond donors (Lipinski definition) is 1. The summed E-state index contributed by atoms with van der Waals surface area (Å²) in [5.41, 5.74) is 5.82. The summed E-state index contributed by atoms with van der Waals surface area (Å²) in [4.78, 5) is 13.1. The SMILES string of the molecule is COC(=O)CC1CN(C)CC1N.